The first-order valence-corrected chi connectivity index (χ1v) is 7.17. The fourth-order valence-corrected chi connectivity index (χ4v) is 2.70. The highest BCUT2D eigenvalue weighted by Crippen LogP contribution is 2.21. The predicted octanol–water partition coefficient (Wildman–Crippen LogP) is 1.61. The molecular formula is C15H25N3O. The topological polar surface area (TPSA) is 39.6 Å². The van der Waals surface area contributed by atoms with Crippen molar-refractivity contribution in [1.29, 1.82) is 0 Å². The number of nitrogens with zero attached hydrogens (tertiary/aromatic N) is 3. The third-order valence-corrected chi connectivity index (χ3v) is 4.13. The van der Waals surface area contributed by atoms with Crippen molar-refractivity contribution >= 4 is 5.82 Å². The van der Waals surface area contributed by atoms with Crippen LogP contribution in [0.5, 0.6) is 0 Å². The van der Waals surface area contributed by atoms with E-state index in [2.05, 4.69) is 28.8 Å². The first-order valence-electron chi connectivity index (χ1n) is 7.17. The molecule has 1 aromatic rings. The van der Waals surface area contributed by atoms with Crippen molar-refractivity contribution in [3.05, 3.63) is 24.4 Å². The van der Waals surface area contributed by atoms with Gasteiger partial charge < -0.3 is 10.0 Å². The largest absolute Gasteiger partial charge is 0.396 e. The number of piperidine rings is 1. The van der Waals surface area contributed by atoms with Crippen molar-refractivity contribution in [2.75, 3.05) is 38.2 Å². The van der Waals surface area contributed by atoms with Crippen LogP contribution in [0.25, 0.3) is 0 Å². The van der Waals surface area contributed by atoms with Gasteiger partial charge in [0, 0.05) is 45.5 Å². The lowest BCUT2D eigenvalue weighted by molar-refractivity contribution is 0.0852. The Hall–Kier alpha value is -1.13. The van der Waals surface area contributed by atoms with Gasteiger partial charge in [0.1, 0.15) is 5.82 Å². The molecule has 2 atom stereocenters. The van der Waals surface area contributed by atoms with Crippen molar-refractivity contribution in [2.24, 2.45) is 5.92 Å². The lowest BCUT2D eigenvalue weighted by atomic mass is 9.94. The highest BCUT2D eigenvalue weighted by molar-refractivity contribution is 5.36. The minimum Gasteiger partial charge on any atom is -0.396 e. The normalized spacial score (nSPS) is 24.4. The second-order valence-corrected chi connectivity index (χ2v) is 5.58. The Morgan fingerprint density at radius 2 is 2.26 bits per heavy atom. The average Bonchev–Trinajstić information content (AvgIpc) is 2.47. The molecule has 2 heterocycles. The van der Waals surface area contributed by atoms with Gasteiger partial charge in [-0.3, -0.25) is 4.90 Å². The summed E-state index contributed by atoms with van der Waals surface area (Å²) >= 11 is 0. The third kappa shape index (κ3) is 3.91. The van der Waals surface area contributed by atoms with Crippen LogP contribution in [0.4, 0.5) is 5.82 Å². The third-order valence-electron chi connectivity index (χ3n) is 4.13. The summed E-state index contributed by atoms with van der Waals surface area (Å²) in [5.74, 6) is 1.47. The molecule has 4 heteroatoms. The Bertz CT molecular complexity index is 371. The van der Waals surface area contributed by atoms with Crippen LogP contribution in [0.2, 0.25) is 0 Å². The number of rotatable bonds is 5. The molecule has 2 rings (SSSR count). The van der Waals surface area contributed by atoms with E-state index < -0.39 is 0 Å². The van der Waals surface area contributed by atoms with E-state index in [0.29, 0.717) is 18.6 Å². The van der Waals surface area contributed by atoms with E-state index in [1.165, 1.54) is 6.42 Å². The van der Waals surface area contributed by atoms with Gasteiger partial charge in [0.05, 0.1) is 0 Å². The van der Waals surface area contributed by atoms with Crippen LogP contribution in [0.15, 0.2) is 24.4 Å². The van der Waals surface area contributed by atoms with Gasteiger partial charge >= 0.3 is 0 Å². The summed E-state index contributed by atoms with van der Waals surface area (Å²) in [6.45, 7) is 5.63. The zero-order chi connectivity index (χ0) is 13.7. The Kier molecular flexibility index (Phi) is 5.16. The Labute approximate surface area is 116 Å². The van der Waals surface area contributed by atoms with E-state index in [-0.39, 0.29) is 0 Å². The first kappa shape index (κ1) is 14.3. The van der Waals surface area contributed by atoms with Gasteiger partial charge in [-0.25, -0.2) is 4.98 Å². The minimum atomic E-state index is 0.319. The summed E-state index contributed by atoms with van der Waals surface area (Å²) in [7, 11) is 2.08. The van der Waals surface area contributed by atoms with Crippen LogP contribution < -0.4 is 4.90 Å². The molecular weight excluding hydrogens is 238 g/mol. The number of likely N-dealkylation sites (tertiary alicyclic amines) is 1. The van der Waals surface area contributed by atoms with Gasteiger partial charge in [0.2, 0.25) is 0 Å². The molecule has 0 amide bonds. The summed E-state index contributed by atoms with van der Waals surface area (Å²) in [5.41, 5.74) is 0. The van der Waals surface area contributed by atoms with Crippen LogP contribution in [0.1, 0.15) is 19.8 Å². The molecule has 1 N–H and O–H groups in total. The van der Waals surface area contributed by atoms with Crippen molar-refractivity contribution in [1.82, 2.24) is 9.88 Å². The fourth-order valence-electron chi connectivity index (χ4n) is 2.70. The van der Waals surface area contributed by atoms with Crippen molar-refractivity contribution in [2.45, 2.75) is 25.8 Å². The summed E-state index contributed by atoms with van der Waals surface area (Å²) in [6.07, 6.45) is 4.18. The summed E-state index contributed by atoms with van der Waals surface area (Å²) < 4.78 is 0. The zero-order valence-corrected chi connectivity index (χ0v) is 12.0. The molecule has 4 nitrogen and oxygen atoms in total. The monoisotopic (exact) mass is 263 g/mol. The van der Waals surface area contributed by atoms with E-state index in [0.717, 1.165) is 31.9 Å². The highest BCUT2D eigenvalue weighted by atomic mass is 16.3. The van der Waals surface area contributed by atoms with Crippen LogP contribution in [-0.2, 0) is 0 Å². The Morgan fingerprint density at radius 1 is 1.42 bits per heavy atom. The standard InChI is InChI=1S/C15H25N3O/c1-13-6-7-14(12-19)11-18(13)10-9-17(2)15-5-3-4-8-16-15/h3-5,8,13-14,19H,6-7,9-12H2,1-2H3/t13-,14+/m0/s1. The molecule has 0 radical (unpaired) electrons. The van der Waals surface area contributed by atoms with Gasteiger partial charge in [-0.15, -0.1) is 0 Å². The van der Waals surface area contributed by atoms with E-state index >= 15 is 0 Å². The molecule has 19 heavy (non-hydrogen) atoms. The van der Waals surface area contributed by atoms with Gasteiger partial charge in [-0.2, -0.15) is 0 Å². The number of hydrogen-bond donors (Lipinski definition) is 1. The molecule has 1 aromatic heterocycles. The van der Waals surface area contributed by atoms with Crippen molar-refractivity contribution in [3.8, 4) is 0 Å². The van der Waals surface area contributed by atoms with Gasteiger partial charge in [0.25, 0.3) is 0 Å². The summed E-state index contributed by atoms with van der Waals surface area (Å²) in [5, 5.41) is 9.30. The van der Waals surface area contributed by atoms with E-state index in [1.807, 2.05) is 24.4 Å². The maximum Gasteiger partial charge on any atom is 0.128 e. The maximum absolute atomic E-state index is 9.30. The van der Waals surface area contributed by atoms with Crippen LogP contribution >= 0.6 is 0 Å². The molecule has 1 fully saturated rings. The smallest absolute Gasteiger partial charge is 0.128 e. The van der Waals surface area contributed by atoms with Crippen molar-refractivity contribution in [3.63, 3.8) is 0 Å². The summed E-state index contributed by atoms with van der Waals surface area (Å²) in [6, 6.07) is 6.62. The second-order valence-electron chi connectivity index (χ2n) is 5.58. The van der Waals surface area contributed by atoms with Crippen LogP contribution in [0, 0.1) is 5.92 Å². The first-order chi connectivity index (χ1) is 9.20. The molecule has 0 unspecified atom stereocenters. The van der Waals surface area contributed by atoms with Gasteiger partial charge in [-0.1, -0.05) is 6.07 Å². The van der Waals surface area contributed by atoms with Crippen LogP contribution in [-0.4, -0.2) is 54.3 Å². The van der Waals surface area contributed by atoms with Gasteiger partial charge in [0.15, 0.2) is 0 Å². The van der Waals surface area contributed by atoms with Crippen LogP contribution in [0.3, 0.4) is 0 Å². The number of pyridine rings is 1. The molecule has 0 saturated carbocycles. The number of hydrogen-bond acceptors (Lipinski definition) is 4. The molecule has 0 aliphatic carbocycles. The Balaban J connectivity index is 1.84. The molecule has 0 bridgehead atoms. The number of aromatic nitrogens is 1. The number of anilines is 1. The quantitative estimate of drug-likeness (QED) is 0.876. The second kappa shape index (κ2) is 6.87. The van der Waals surface area contributed by atoms with E-state index in [1.54, 1.807) is 0 Å². The van der Waals surface area contributed by atoms with Gasteiger partial charge in [-0.05, 0) is 37.8 Å². The SMILES string of the molecule is C[C@H]1CC[C@@H](CO)CN1CCN(C)c1ccccn1. The molecule has 0 aromatic carbocycles. The zero-order valence-electron chi connectivity index (χ0n) is 12.0. The van der Waals surface area contributed by atoms with Crippen molar-refractivity contribution < 1.29 is 5.11 Å². The lowest BCUT2D eigenvalue weighted by Crippen LogP contribution is -2.45. The molecule has 106 valence electrons. The van der Waals surface area contributed by atoms with E-state index in [9.17, 15) is 5.11 Å². The maximum atomic E-state index is 9.30. The molecule has 1 aliphatic rings. The number of likely N-dealkylation sites (N-methyl/N-ethyl adjacent to an activating group) is 1. The molecule has 1 aliphatic heterocycles. The molecule has 0 spiro atoms. The Morgan fingerprint density at radius 3 is 2.95 bits per heavy atom. The average molecular weight is 263 g/mol. The predicted molar refractivity (Wildman–Crippen MR) is 78.4 cm³/mol. The highest BCUT2D eigenvalue weighted by Gasteiger charge is 2.24. The summed E-state index contributed by atoms with van der Waals surface area (Å²) in [4.78, 5) is 9.04. The number of aliphatic hydroxyl groups excluding tert-OH is 1. The number of aliphatic hydroxyl groups is 1. The fraction of sp³-hybridized carbons (Fsp3) is 0.667. The van der Waals surface area contributed by atoms with E-state index in [4.69, 9.17) is 0 Å². The lowest BCUT2D eigenvalue weighted by Gasteiger charge is -2.38. The minimum absolute atomic E-state index is 0.319. The molecule has 1 saturated heterocycles.